The summed E-state index contributed by atoms with van der Waals surface area (Å²) in [6, 6.07) is 0. The fraction of sp³-hybridized carbons (Fsp3) is 1.00. The second-order valence-electron chi connectivity index (χ2n) is 5.50. The Hall–Kier alpha value is 0.180. The molecule has 0 aromatic rings. The second kappa shape index (κ2) is 7.98. The van der Waals surface area contributed by atoms with Crippen molar-refractivity contribution in [2.45, 2.75) is 44.3 Å². The van der Waals surface area contributed by atoms with Crippen LogP contribution in [0.1, 0.15) is 39.5 Å². The van der Waals surface area contributed by atoms with Crippen LogP contribution in [0.4, 0.5) is 0 Å². The quantitative estimate of drug-likeness (QED) is 0.708. The molecule has 3 N–H and O–H groups in total. The average molecular weight is 324 g/mol. The first-order chi connectivity index (χ1) is 9.43. The molecule has 0 amide bonds. The van der Waals surface area contributed by atoms with Gasteiger partial charge in [0.2, 0.25) is 0 Å². The van der Waals surface area contributed by atoms with Crippen LogP contribution >= 0.6 is 11.8 Å². The lowest BCUT2D eigenvalue weighted by Crippen LogP contribution is -2.49. The van der Waals surface area contributed by atoms with Gasteiger partial charge in [0.1, 0.15) is 0 Å². The number of hydrogen-bond acceptors (Lipinski definition) is 4. The van der Waals surface area contributed by atoms with E-state index in [1.54, 1.807) is 16.1 Å². The molecule has 0 aromatic heterocycles. The van der Waals surface area contributed by atoms with E-state index in [9.17, 15) is 8.42 Å². The van der Waals surface area contributed by atoms with Gasteiger partial charge in [0.05, 0.1) is 0 Å². The van der Waals surface area contributed by atoms with Crippen LogP contribution < -0.4 is 10.5 Å². The Bertz CT molecular complexity index is 367. The van der Waals surface area contributed by atoms with Crippen molar-refractivity contribution in [2.24, 2.45) is 11.7 Å². The highest BCUT2D eigenvalue weighted by Crippen LogP contribution is 2.30. The first-order valence-corrected chi connectivity index (χ1v) is 10.1. The zero-order valence-electron chi connectivity index (χ0n) is 12.9. The van der Waals surface area contributed by atoms with Crippen LogP contribution in [0, 0.1) is 5.92 Å². The Morgan fingerprint density at radius 2 is 1.85 bits per heavy atom. The van der Waals surface area contributed by atoms with Gasteiger partial charge in [0.15, 0.2) is 0 Å². The monoisotopic (exact) mass is 323 g/mol. The van der Waals surface area contributed by atoms with E-state index in [0.29, 0.717) is 32.1 Å². The van der Waals surface area contributed by atoms with Gasteiger partial charge in [-0.2, -0.15) is 24.5 Å². The summed E-state index contributed by atoms with van der Waals surface area (Å²) in [5, 5.41) is 0. The van der Waals surface area contributed by atoms with E-state index in [1.165, 1.54) is 0 Å². The molecule has 5 nitrogen and oxygen atoms in total. The molecule has 0 bridgehead atoms. The Morgan fingerprint density at radius 3 is 2.25 bits per heavy atom. The summed E-state index contributed by atoms with van der Waals surface area (Å²) in [6.07, 6.45) is 5.71. The largest absolute Gasteiger partial charge is 0.330 e. The Balaban J connectivity index is 2.58. The van der Waals surface area contributed by atoms with Crippen molar-refractivity contribution in [1.29, 1.82) is 0 Å². The fourth-order valence-corrected chi connectivity index (χ4v) is 4.78. The summed E-state index contributed by atoms with van der Waals surface area (Å²) in [5.41, 5.74) is 5.64. The molecule has 0 atom stereocenters. The van der Waals surface area contributed by atoms with Gasteiger partial charge in [-0.15, -0.1) is 0 Å². The maximum absolute atomic E-state index is 12.3. The highest BCUT2D eigenvalue weighted by atomic mass is 32.2. The summed E-state index contributed by atoms with van der Waals surface area (Å²) in [6.45, 7) is 6.55. The number of nitrogens with zero attached hydrogens (tertiary/aromatic N) is 1. The van der Waals surface area contributed by atoms with Gasteiger partial charge in [-0.05, 0) is 44.4 Å². The van der Waals surface area contributed by atoms with Crippen molar-refractivity contribution in [3.05, 3.63) is 0 Å². The molecule has 0 radical (unpaired) electrons. The van der Waals surface area contributed by atoms with E-state index < -0.39 is 10.2 Å². The topological polar surface area (TPSA) is 75.4 Å². The molecule has 0 saturated carbocycles. The number of piperidine rings is 1. The lowest BCUT2D eigenvalue weighted by atomic mass is 9.99. The van der Waals surface area contributed by atoms with E-state index >= 15 is 0 Å². The molecule has 20 heavy (non-hydrogen) atoms. The summed E-state index contributed by atoms with van der Waals surface area (Å²) < 4.78 is 29.1. The van der Waals surface area contributed by atoms with Crippen molar-refractivity contribution < 1.29 is 8.42 Å². The molecule has 1 fully saturated rings. The second-order valence-corrected chi connectivity index (χ2v) is 8.53. The standard InChI is InChI=1S/C13H29N3O2S2/c1-4-13(5-2,19-3)11-15-20(17,18)16-8-6-12(10-14)7-9-16/h12,15H,4-11,14H2,1-3H3. The SMILES string of the molecule is CCC(CC)(CNS(=O)(=O)N1CCC(CN)CC1)SC. The Morgan fingerprint density at radius 1 is 1.30 bits per heavy atom. The van der Waals surface area contributed by atoms with Crippen molar-refractivity contribution in [2.75, 3.05) is 32.4 Å². The summed E-state index contributed by atoms with van der Waals surface area (Å²) in [5.74, 6) is 0.470. The van der Waals surface area contributed by atoms with Crippen molar-refractivity contribution >= 4 is 22.0 Å². The smallest absolute Gasteiger partial charge is 0.279 e. The lowest BCUT2D eigenvalue weighted by molar-refractivity contribution is 0.275. The summed E-state index contributed by atoms with van der Waals surface area (Å²) in [7, 11) is -3.35. The number of thioether (sulfide) groups is 1. The maximum atomic E-state index is 12.3. The maximum Gasteiger partial charge on any atom is 0.279 e. The highest BCUT2D eigenvalue weighted by Gasteiger charge is 2.31. The number of hydrogen-bond donors (Lipinski definition) is 2. The number of rotatable bonds is 8. The average Bonchev–Trinajstić information content (AvgIpc) is 2.49. The highest BCUT2D eigenvalue weighted by molar-refractivity contribution is 8.00. The summed E-state index contributed by atoms with van der Waals surface area (Å²) >= 11 is 1.75. The Kier molecular flexibility index (Phi) is 7.28. The predicted molar refractivity (Wildman–Crippen MR) is 87.1 cm³/mol. The van der Waals surface area contributed by atoms with Gasteiger partial charge < -0.3 is 5.73 Å². The fourth-order valence-electron chi connectivity index (χ4n) is 2.56. The van der Waals surface area contributed by atoms with Crippen LogP contribution in [0.2, 0.25) is 0 Å². The molecule has 1 heterocycles. The molecule has 1 rings (SSSR count). The van der Waals surface area contributed by atoms with Gasteiger partial charge >= 0.3 is 0 Å². The van der Waals surface area contributed by atoms with E-state index in [0.717, 1.165) is 25.7 Å². The summed E-state index contributed by atoms with van der Waals surface area (Å²) in [4.78, 5) is 0. The third-order valence-corrected chi connectivity index (χ3v) is 7.69. The third-order valence-electron chi connectivity index (χ3n) is 4.55. The predicted octanol–water partition coefficient (Wildman–Crippen LogP) is 1.41. The van der Waals surface area contributed by atoms with E-state index in [4.69, 9.17) is 5.73 Å². The third kappa shape index (κ3) is 4.59. The normalized spacial score (nSPS) is 19.4. The minimum absolute atomic E-state index is 0.00263. The van der Waals surface area contributed by atoms with Crippen LogP contribution in [-0.4, -0.2) is 49.9 Å². The minimum Gasteiger partial charge on any atom is -0.330 e. The van der Waals surface area contributed by atoms with Crippen molar-refractivity contribution in [1.82, 2.24) is 9.03 Å². The van der Waals surface area contributed by atoms with Crippen LogP contribution in [0.5, 0.6) is 0 Å². The van der Waals surface area contributed by atoms with Crippen molar-refractivity contribution in [3.63, 3.8) is 0 Å². The van der Waals surface area contributed by atoms with Crippen LogP contribution in [-0.2, 0) is 10.2 Å². The molecule has 0 unspecified atom stereocenters. The van der Waals surface area contributed by atoms with Gasteiger partial charge in [0.25, 0.3) is 10.2 Å². The van der Waals surface area contributed by atoms with E-state index in [-0.39, 0.29) is 4.75 Å². The molecule has 1 aliphatic rings. The molecular weight excluding hydrogens is 294 g/mol. The molecule has 0 aliphatic carbocycles. The molecule has 0 aromatic carbocycles. The molecule has 7 heteroatoms. The zero-order valence-corrected chi connectivity index (χ0v) is 14.5. The van der Waals surface area contributed by atoms with Crippen LogP contribution in [0.15, 0.2) is 0 Å². The molecule has 1 aliphatic heterocycles. The number of nitrogens with one attached hydrogen (secondary N) is 1. The van der Waals surface area contributed by atoms with Gasteiger partial charge in [-0.25, -0.2) is 4.72 Å². The van der Waals surface area contributed by atoms with E-state index in [1.807, 2.05) is 6.26 Å². The molecule has 0 spiro atoms. The first kappa shape index (κ1) is 18.2. The molecule has 120 valence electrons. The van der Waals surface area contributed by atoms with E-state index in [2.05, 4.69) is 18.6 Å². The number of nitrogens with two attached hydrogens (primary N) is 1. The lowest BCUT2D eigenvalue weighted by Gasteiger charge is -2.33. The Labute approximate surface area is 128 Å². The molecular formula is C13H29N3O2S2. The van der Waals surface area contributed by atoms with Gasteiger partial charge in [0, 0.05) is 24.4 Å². The first-order valence-electron chi connectivity index (χ1n) is 7.43. The van der Waals surface area contributed by atoms with Crippen LogP contribution in [0.25, 0.3) is 0 Å². The van der Waals surface area contributed by atoms with Crippen molar-refractivity contribution in [3.8, 4) is 0 Å². The molecule has 1 saturated heterocycles. The van der Waals surface area contributed by atoms with Gasteiger partial charge in [-0.1, -0.05) is 13.8 Å². The zero-order chi connectivity index (χ0) is 15.2. The van der Waals surface area contributed by atoms with Gasteiger partial charge in [-0.3, -0.25) is 0 Å². The minimum atomic E-state index is -3.35. The van der Waals surface area contributed by atoms with Crippen LogP contribution in [0.3, 0.4) is 0 Å².